The van der Waals surface area contributed by atoms with Gasteiger partial charge in [-0.2, -0.15) is 0 Å². The van der Waals surface area contributed by atoms with Gasteiger partial charge in [0.2, 0.25) is 0 Å². The third kappa shape index (κ3) is 5.62. The Labute approximate surface area is 154 Å². The van der Waals surface area contributed by atoms with E-state index in [2.05, 4.69) is 11.9 Å². The van der Waals surface area contributed by atoms with Gasteiger partial charge in [-0.05, 0) is 48.7 Å². The first-order valence-electron chi connectivity index (χ1n) is 8.94. The summed E-state index contributed by atoms with van der Waals surface area (Å²) >= 11 is 0. The number of rotatable bonds is 9. The van der Waals surface area contributed by atoms with Gasteiger partial charge in [0.05, 0.1) is 0 Å². The lowest BCUT2D eigenvalue weighted by Crippen LogP contribution is -2.04. The van der Waals surface area contributed by atoms with Crippen LogP contribution in [0.1, 0.15) is 54.1 Å². The summed E-state index contributed by atoms with van der Waals surface area (Å²) in [5.41, 5.74) is 8.04. The Kier molecular flexibility index (Phi) is 7.21. The molecule has 0 aromatic heterocycles. The number of ketones is 1. The van der Waals surface area contributed by atoms with Gasteiger partial charge in [0.15, 0.2) is 5.78 Å². The molecular weight excluding hydrogens is 328 g/mol. The van der Waals surface area contributed by atoms with Gasteiger partial charge in [0.1, 0.15) is 18.0 Å². The second-order valence-electron chi connectivity index (χ2n) is 6.37. The molecule has 0 radical (unpaired) electrons. The summed E-state index contributed by atoms with van der Waals surface area (Å²) in [5, 5.41) is 20.0. The Morgan fingerprint density at radius 1 is 1.08 bits per heavy atom. The molecule has 0 unspecified atom stereocenters. The molecule has 0 bridgehead atoms. The summed E-state index contributed by atoms with van der Waals surface area (Å²) in [6.45, 7) is 2.13. The maximum Gasteiger partial charge on any atom is 0.184 e. The fourth-order valence-electron chi connectivity index (χ4n) is 2.67. The highest BCUT2D eigenvalue weighted by molar-refractivity contribution is 5.99. The lowest BCUT2D eigenvalue weighted by Gasteiger charge is -2.08. The van der Waals surface area contributed by atoms with Crippen LogP contribution < -0.4 is 5.73 Å². The molecule has 26 heavy (non-hydrogen) atoms. The number of unbranched alkanes of at least 4 members (excludes halogenated alkanes) is 3. The predicted molar refractivity (Wildman–Crippen MR) is 105 cm³/mol. The van der Waals surface area contributed by atoms with Crippen LogP contribution >= 0.6 is 0 Å². The summed E-state index contributed by atoms with van der Waals surface area (Å²) in [5.74, 6) is -0.0862. The molecule has 4 N–H and O–H groups in total. The van der Waals surface area contributed by atoms with E-state index in [1.807, 2.05) is 0 Å². The van der Waals surface area contributed by atoms with E-state index in [1.54, 1.807) is 30.3 Å². The van der Waals surface area contributed by atoms with E-state index in [4.69, 9.17) is 5.73 Å². The van der Waals surface area contributed by atoms with E-state index in [-0.39, 0.29) is 23.8 Å². The second-order valence-corrected chi connectivity index (χ2v) is 6.37. The number of aryl methyl sites for hydroxylation is 1. The first kappa shape index (κ1) is 19.5. The first-order valence-corrected chi connectivity index (χ1v) is 8.94. The van der Waals surface area contributed by atoms with Crippen molar-refractivity contribution >= 4 is 17.7 Å². The van der Waals surface area contributed by atoms with Gasteiger partial charge in [-0.25, -0.2) is 0 Å². The molecule has 2 aromatic rings. The molecule has 5 nitrogen and oxygen atoms in total. The summed E-state index contributed by atoms with van der Waals surface area (Å²) < 4.78 is 0. The van der Waals surface area contributed by atoms with E-state index in [1.165, 1.54) is 18.7 Å². The Morgan fingerprint density at radius 2 is 1.81 bits per heavy atom. The highest BCUT2D eigenvalue weighted by atomic mass is 16.3. The quantitative estimate of drug-likeness (QED) is 0.273. The van der Waals surface area contributed by atoms with Crippen LogP contribution in [-0.4, -0.2) is 28.8 Å². The van der Waals surface area contributed by atoms with Crippen LogP contribution in [0.2, 0.25) is 0 Å². The monoisotopic (exact) mass is 354 g/mol. The number of aliphatic imine (C=N–C) groups is 1. The minimum absolute atomic E-state index is 0.0178. The van der Waals surface area contributed by atoms with Crippen molar-refractivity contribution in [3.63, 3.8) is 0 Å². The Balaban J connectivity index is 2.01. The number of carbonyl (C=O) groups excluding carboxylic acids is 1. The van der Waals surface area contributed by atoms with Crippen molar-refractivity contribution in [2.24, 2.45) is 4.99 Å². The van der Waals surface area contributed by atoms with Crippen LogP contribution in [0.4, 0.5) is 5.69 Å². The number of carbonyl (C=O) groups is 1. The van der Waals surface area contributed by atoms with E-state index < -0.39 is 0 Å². The summed E-state index contributed by atoms with van der Waals surface area (Å²) in [6.07, 6.45) is 6.63. The van der Waals surface area contributed by atoms with Crippen LogP contribution in [0.25, 0.3) is 0 Å². The normalized spacial score (nSPS) is 11.1. The molecule has 0 aliphatic rings. The van der Waals surface area contributed by atoms with E-state index in [9.17, 15) is 15.0 Å². The minimum Gasteiger partial charge on any atom is -0.508 e. The molecule has 0 spiro atoms. The number of nitrogen functional groups attached to an aromatic ring is 1. The number of anilines is 1. The van der Waals surface area contributed by atoms with Crippen molar-refractivity contribution in [1.82, 2.24) is 0 Å². The molecule has 0 amide bonds. The Morgan fingerprint density at radius 3 is 2.50 bits per heavy atom. The molecular formula is C21H26N2O3. The van der Waals surface area contributed by atoms with Gasteiger partial charge in [0.25, 0.3) is 0 Å². The number of phenols is 2. The van der Waals surface area contributed by atoms with Crippen molar-refractivity contribution in [3.05, 3.63) is 53.1 Å². The fourth-order valence-corrected chi connectivity index (χ4v) is 2.67. The molecule has 0 aliphatic carbocycles. The number of benzene rings is 2. The molecule has 0 saturated carbocycles. The zero-order valence-corrected chi connectivity index (χ0v) is 15.1. The number of phenolic OH excluding ortho intramolecular Hbond substituents is 2. The van der Waals surface area contributed by atoms with Crippen molar-refractivity contribution in [3.8, 4) is 11.5 Å². The molecule has 138 valence electrons. The average molecular weight is 354 g/mol. The van der Waals surface area contributed by atoms with E-state index >= 15 is 0 Å². The lowest BCUT2D eigenvalue weighted by molar-refractivity contribution is 0.100. The number of hydrogen-bond acceptors (Lipinski definition) is 5. The molecule has 5 heteroatoms. The minimum atomic E-state index is -0.126. The largest absolute Gasteiger partial charge is 0.508 e. The number of Topliss-reactive ketones (excluding diaryl/α,β-unsaturated/α-hetero) is 1. The number of nitrogens with zero attached hydrogens (tertiary/aromatic N) is 1. The molecule has 2 rings (SSSR count). The van der Waals surface area contributed by atoms with E-state index in [0.29, 0.717) is 16.8 Å². The SMILES string of the molecule is CCCCCCc1cc(C=NCC(=O)c2ccc(N)cc2)c(O)cc1O. The van der Waals surface area contributed by atoms with Gasteiger partial charge >= 0.3 is 0 Å². The maximum atomic E-state index is 12.1. The topological polar surface area (TPSA) is 95.9 Å². The third-order valence-corrected chi connectivity index (χ3v) is 4.23. The first-order chi connectivity index (χ1) is 12.5. The van der Waals surface area contributed by atoms with Crippen LogP contribution in [0.5, 0.6) is 11.5 Å². The number of nitrogens with two attached hydrogens (primary N) is 1. The molecule has 0 saturated heterocycles. The Bertz CT molecular complexity index is 768. The van der Waals surface area contributed by atoms with Crippen LogP contribution in [0, 0.1) is 0 Å². The van der Waals surface area contributed by atoms with Gasteiger partial charge in [-0.15, -0.1) is 0 Å². The van der Waals surface area contributed by atoms with Gasteiger partial charge < -0.3 is 15.9 Å². The smallest absolute Gasteiger partial charge is 0.184 e. The summed E-state index contributed by atoms with van der Waals surface area (Å²) in [6, 6.07) is 9.74. The number of aromatic hydroxyl groups is 2. The fraction of sp³-hybridized carbons (Fsp3) is 0.333. The molecule has 0 atom stereocenters. The summed E-state index contributed by atoms with van der Waals surface area (Å²) in [4.78, 5) is 16.2. The standard InChI is InChI=1S/C21H26N2O3/c1-2-3-4-5-6-16-11-17(20(25)12-19(16)24)13-23-14-21(26)15-7-9-18(22)10-8-15/h7-13,24-25H,2-6,14,22H2,1H3. The predicted octanol–water partition coefficient (Wildman–Crippen LogP) is 4.10. The van der Waals surface area contributed by atoms with Crippen molar-refractivity contribution < 1.29 is 15.0 Å². The molecule has 2 aromatic carbocycles. The molecule has 0 fully saturated rings. The van der Waals surface area contributed by atoms with Crippen molar-refractivity contribution in [1.29, 1.82) is 0 Å². The maximum absolute atomic E-state index is 12.1. The van der Waals surface area contributed by atoms with Crippen molar-refractivity contribution in [2.75, 3.05) is 12.3 Å². The molecule has 0 heterocycles. The van der Waals surface area contributed by atoms with E-state index in [0.717, 1.165) is 31.2 Å². The molecule has 0 aliphatic heterocycles. The highest BCUT2D eigenvalue weighted by Gasteiger charge is 2.08. The van der Waals surface area contributed by atoms with Crippen LogP contribution in [-0.2, 0) is 6.42 Å². The summed E-state index contributed by atoms with van der Waals surface area (Å²) in [7, 11) is 0. The van der Waals surface area contributed by atoms with Gasteiger partial charge in [-0.1, -0.05) is 26.2 Å². The second kappa shape index (κ2) is 9.61. The third-order valence-electron chi connectivity index (χ3n) is 4.23. The zero-order chi connectivity index (χ0) is 18.9. The van der Waals surface area contributed by atoms with Gasteiger partial charge in [0, 0.05) is 29.1 Å². The van der Waals surface area contributed by atoms with Gasteiger partial charge in [-0.3, -0.25) is 9.79 Å². The highest BCUT2D eigenvalue weighted by Crippen LogP contribution is 2.27. The number of hydrogen-bond donors (Lipinski definition) is 3. The van der Waals surface area contributed by atoms with Crippen LogP contribution in [0.15, 0.2) is 41.4 Å². The lowest BCUT2D eigenvalue weighted by atomic mass is 10.0. The van der Waals surface area contributed by atoms with Crippen molar-refractivity contribution in [2.45, 2.75) is 39.0 Å². The average Bonchev–Trinajstić information content (AvgIpc) is 2.62. The zero-order valence-electron chi connectivity index (χ0n) is 15.1. The van der Waals surface area contributed by atoms with Crippen LogP contribution in [0.3, 0.4) is 0 Å². The Hall–Kier alpha value is -2.82.